The molecule has 0 aromatic heterocycles. The van der Waals surface area contributed by atoms with Crippen LogP contribution < -0.4 is 15.4 Å². The first kappa shape index (κ1) is 23.3. The number of hydrogen-bond acceptors (Lipinski definition) is 4. The summed E-state index contributed by atoms with van der Waals surface area (Å²) in [6.45, 7) is 7.06. The van der Waals surface area contributed by atoms with Crippen molar-refractivity contribution in [1.29, 1.82) is 0 Å². The molecule has 3 rings (SSSR count). The number of benzene rings is 2. The Labute approximate surface area is 189 Å². The number of nitrogens with zero attached hydrogens (tertiary/aromatic N) is 2. The minimum Gasteiger partial charge on any atom is -0.484 e. The van der Waals surface area contributed by atoms with Gasteiger partial charge in [0, 0.05) is 32.5 Å². The molecule has 2 unspecified atom stereocenters. The third-order valence-corrected chi connectivity index (χ3v) is 6.46. The largest absolute Gasteiger partial charge is 0.484 e. The lowest BCUT2D eigenvalue weighted by atomic mass is 9.57. The normalized spacial score (nSPS) is 21.4. The van der Waals surface area contributed by atoms with Crippen LogP contribution in [0.2, 0.25) is 0 Å². The summed E-state index contributed by atoms with van der Waals surface area (Å²) in [7, 11) is 3.32. The van der Waals surface area contributed by atoms with Crippen LogP contribution in [0, 0.1) is 5.92 Å². The summed E-state index contributed by atoms with van der Waals surface area (Å²) in [6, 6.07) is 15.1. The van der Waals surface area contributed by atoms with Crippen LogP contribution in [0.15, 0.2) is 48.5 Å². The van der Waals surface area contributed by atoms with Crippen molar-refractivity contribution in [2.24, 2.45) is 11.7 Å². The third kappa shape index (κ3) is 3.72. The van der Waals surface area contributed by atoms with Gasteiger partial charge in [-0.2, -0.15) is 0 Å². The first-order valence-corrected chi connectivity index (χ1v) is 10.6. The van der Waals surface area contributed by atoms with Gasteiger partial charge in [-0.15, -0.1) is 0 Å². The van der Waals surface area contributed by atoms with Gasteiger partial charge < -0.3 is 20.3 Å². The van der Waals surface area contributed by atoms with Crippen LogP contribution in [0.4, 0.5) is 5.69 Å². The molecule has 2 aromatic rings. The molecule has 0 saturated heterocycles. The highest BCUT2D eigenvalue weighted by molar-refractivity contribution is 5.98. The van der Waals surface area contributed by atoms with E-state index in [1.807, 2.05) is 57.2 Å². The zero-order valence-corrected chi connectivity index (χ0v) is 19.5. The Bertz CT molecular complexity index is 1050. The molecule has 0 spiro atoms. The van der Waals surface area contributed by atoms with Crippen LogP contribution in [0.3, 0.4) is 0 Å². The van der Waals surface area contributed by atoms with Gasteiger partial charge >= 0.3 is 0 Å². The average Bonchev–Trinajstić information content (AvgIpc) is 2.71. The van der Waals surface area contributed by atoms with Crippen molar-refractivity contribution in [2.45, 2.75) is 38.6 Å². The number of rotatable bonds is 5. The highest BCUT2D eigenvalue weighted by atomic mass is 16.5. The standard InChI is InChI=1S/C25H31N3O4/c1-16(29)28-20-14-18(32-15-21(30)27(5)6)12-13-19(20)25(4,17-10-8-7-9-11-17)22(23(26)31)24(28,2)3/h7-14,22H,15H2,1-6H3,(H2,26,31). The quantitative estimate of drug-likeness (QED) is 0.778. The smallest absolute Gasteiger partial charge is 0.259 e. The third-order valence-electron chi connectivity index (χ3n) is 6.46. The number of amides is 3. The summed E-state index contributed by atoms with van der Waals surface area (Å²) in [5, 5.41) is 0. The van der Waals surface area contributed by atoms with Gasteiger partial charge in [-0.3, -0.25) is 14.4 Å². The van der Waals surface area contributed by atoms with Crippen molar-refractivity contribution in [1.82, 2.24) is 4.90 Å². The Kier molecular flexibility index (Phi) is 6.05. The highest BCUT2D eigenvalue weighted by Crippen LogP contribution is 2.54. The molecule has 170 valence electrons. The Morgan fingerprint density at radius 3 is 2.22 bits per heavy atom. The van der Waals surface area contributed by atoms with Crippen molar-refractivity contribution in [2.75, 3.05) is 25.6 Å². The molecular formula is C25H31N3O4. The number of carbonyl (C=O) groups is 3. The van der Waals surface area contributed by atoms with Gasteiger partial charge in [0.2, 0.25) is 11.8 Å². The molecule has 32 heavy (non-hydrogen) atoms. The second-order valence-electron chi connectivity index (χ2n) is 9.17. The van der Waals surface area contributed by atoms with Crippen LogP contribution in [0.1, 0.15) is 38.8 Å². The molecule has 7 nitrogen and oxygen atoms in total. The SMILES string of the molecule is CC(=O)N1c2cc(OCC(=O)N(C)C)ccc2C(C)(c2ccccc2)C(C(N)=O)C1(C)C. The second kappa shape index (κ2) is 8.30. The van der Waals surface area contributed by atoms with Gasteiger partial charge in [0.15, 0.2) is 6.61 Å². The number of hydrogen-bond donors (Lipinski definition) is 1. The second-order valence-corrected chi connectivity index (χ2v) is 9.17. The lowest BCUT2D eigenvalue weighted by Crippen LogP contribution is -2.65. The number of fused-ring (bicyclic) bond motifs is 1. The molecule has 3 amide bonds. The van der Waals surface area contributed by atoms with Crippen LogP contribution in [0.25, 0.3) is 0 Å². The molecular weight excluding hydrogens is 406 g/mol. The Hall–Kier alpha value is -3.35. The first-order valence-electron chi connectivity index (χ1n) is 10.6. The van der Waals surface area contributed by atoms with E-state index in [9.17, 15) is 14.4 Å². The van der Waals surface area contributed by atoms with Crippen LogP contribution >= 0.6 is 0 Å². The minimum absolute atomic E-state index is 0.116. The van der Waals surface area contributed by atoms with Crippen molar-refractivity contribution in [3.63, 3.8) is 0 Å². The van der Waals surface area contributed by atoms with Crippen molar-refractivity contribution >= 4 is 23.4 Å². The zero-order valence-electron chi connectivity index (χ0n) is 19.5. The Morgan fingerprint density at radius 1 is 1.06 bits per heavy atom. The van der Waals surface area contributed by atoms with E-state index >= 15 is 0 Å². The molecule has 0 bridgehead atoms. The van der Waals surface area contributed by atoms with Gasteiger partial charge in [0.25, 0.3) is 5.91 Å². The van der Waals surface area contributed by atoms with Gasteiger partial charge in [-0.1, -0.05) is 43.3 Å². The number of ether oxygens (including phenoxy) is 1. The summed E-state index contributed by atoms with van der Waals surface area (Å²) in [6.07, 6.45) is 0. The molecule has 7 heteroatoms. The van der Waals surface area contributed by atoms with E-state index in [4.69, 9.17) is 10.5 Å². The monoisotopic (exact) mass is 437 g/mol. The summed E-state index contributed by atoms with van der Waals surface area (Å²) in [5.41, 5.74) is 6.65. The molecule has 0 aliphatic carbocycles. The van der Waals surface area contributed by atoms with Crippen molar-refractivity contribution in [3.8, 4) is 5.75 Å². The fourth-order valence-electron chi connectivity index (χ4n) is 5.12. The molecule has 0 saturated carbocycles. The maximum atomic E-state index is 12.9. The van der Waals surface area contributed by atoms with E-state index in [0.29, 0.717) is 11.4 Å². The molecule has 2 atom stereocenters. The molecule has 0 fully saturated rings. The highest BCUT2D eigenvalue weighted by Gasteiger charge is 2.57. The van der Waals surface area contributed by atoms with Crippen LogP contribution in [-0.2, 0) is 19.8 Å². The van der Waals surface area contributed by atoms with Gasteiger partial charge in [0.1, 0.15) is 5.75 Å². The molecule has 2 N–H and O–H groups in total. The summed E-state index contributed by atoms with van der Waals surface area (Å²) in [4.78, 5) is 40.7. The molecule has 1 aliphatic heterocycles. The number of carbonyl (C=O) groups excluding carboxylic acids is 3. The zero-order chi connectivity index (χ0) is 23.8. The predicted molar refractivity (Wildman–Crippen MR) is 123 cm³/mol. The predicted octanol–water partition coefficient (Wildman–Crippen LogP) is 2.71. The summed E-state index contributed by atoms with van der Waals surface area (Å²) >= 11 is 0. The van der Waals surface area contributed by atoms with E-state index < -0.39 is 22.8 Å². The maximum absolute atomic E-state index is 12.9. The minimum atomic E-state index is -0.909. The lowest BCUT2D eigenvalue weighted by Gasteiger charge is -2.55. The lowest BCUT2D eigenvalue weighted by molar-refractivity contribution is -0.131. The molecule has 2 aromatic carbocycles. The van der Waals surface area contributed by atoms with E-state index in [-0.39, 0.29) is 18.4 Å². The Balaban J connectivity index is 2.25. The molecule has 1 heterocycles. The molecule has 0 radical (unpaired) electrons. The van der Waals surface area contributed by atoms with E-state index in [0.717, 1.165) is 11.1 Å². The van der Waals surface area contributed by atoms with E-state index in [1.165, 1.54) is 11.8 Å². The van der Waals surface area contributed by atoms with Gasteiger partial charge in [0.05, 0.1) is 17.1 Å². The van der Waals surface area contributed by atoms with Gasteiger partial charge in [-0.05, 0) is 31.0 Å². The van der Waals surface area contributed by atoms with Crippen LogP contribution in [-0.4, -0.2) is 48.9 Å². The Morgan fingerprint density at radius 2 is 1.69 bits per heavy atom. The van der Waals surface area contributed by atoms with E-state index in [2.05, 4.69) is 0 Å². The number of likely N-dealkylation sites (N-methyl/N-ethyl adjacent to an activating group) is 1. The average molecular weight is 438 g/mol. The summed E-state index contributed by atoms with van der Waals surface area (Å²) in [5.74, 6) is -1.08. The maximum Gasteiger partial charge on any atom is 0.259 e. The number of anilines is 1. The number of nitrogens with two attached hydrogens (primary N) is 1. The van der Waals surface area contributed by atoms with Crippen molar-refractivity contribution < 1.29 is 19.1 Å². The first-order chi connectivity index (χ1) is 14.9. The topological polar surface area (TPSA) is 92.9 Å². The number of primary amides is 1. The van der Waals surface area contributed by atoms with Gasteiger partial charge in [-0.25, -0.2) is 0 Å². The fraction of sp³-hybridized carbons (Fsp3) is 0.400. The summed E-state index contributed by atoms with van der Waals surface area (Å²) < 4.78 is 5.72. The molecule has 1 aliphatic rings. The van der Waals surface area contributed by atoms with Crippen molar-refractivity contribution in [3.05, 3.63) is 59.7 Å². The van der Waals surface area contributed by atoms with E-state index in [1.54, 1.807) is 31.1 Å². The fourth-order valence-corrected chi connectivity index (χ4v) is 5.12. The van der Waals surface area contributed by atoms with Crippen LogP contribution in [0.5, 0.6) is 5.75 Å².